The van der Waals surface area contributed by atoms with Crippen LogP contribution in [0.15, 0.2) is 34.9 Å². The van der Waals surface area contributed by atoms with E-state index in [0.29, 0.717) is 22.6 Å². The zero-order valence-electron chi connectivity index (χ0n) is 11.1. The topological polar surface area (TPSA) is 72.2 Å². The number of rotatable bonds is 4. The molecule has 0 fully saturated rings. The summed E-state index contributed by atoms with van der Waals surface area (Å²) in [5, 5.41) is 6.48. The number of aromatic nitrogens is 1. The van der Waals surface area contributed by atoms with Gasteiger partial charge in [0.2, 0.25) is 6.29 Å². The number of allylic oxidation sites excluding steroid dienone is 1. The van der Waals surface area contributed by atoms with Gasteiger partial charge in [-0.3, -0.25) is 9.59 Å². The van der Waals surface area contributed by atoms with Gasteiger partial charge in [0.25, 0.3) is 5.91 Å². The van der Waals surface area contributed by atoms with E-state index in [-0.39, 0.29) is 11.6 Å². The quantitative estimate of drug-likeness (QED) is 0.866. The van der Waals surface area contributed by atoms with Gasteiger partial charge in [-0.05, 0) is 37.6 Å². The van der Waals surface area contributed by atoms with Crippen molar-refractivity contribution in [2.45, 2.75) is 13.8 Å². The summed E-state index contributed by atoms with van der Waals surface area (Å²) in [6.07, 6.45) is 4.49. The first-order chi connectivity index (χ1) is 9.63. The molecule has 0 aliphatic rings. The summed E-state index contributed by atoms with van der Waals surface area (Å²) in [5.74, 6) is 0.258. The Hall–Kier alpha value is -2.69. The maximum absolute atomic E-state index is 12.1. The fraction of sp³-hybridized carbons (Fsp3) is 0.133. The molecule has 1 N–H and O–H groups in total. The van der Waals surface area contributed by atoms with Crippen molar-refractivity contribution in [2.75, 3.05) is 5.32 Å². The van der Waals surface area contributed by atoms with E-state index in [0.717, 1.165) is 0 Å². The van der Waals surface area contributed by atoms with E-state index in [1.807, 2.05) is 6.07 Å². The average Bonchev–Trinajstić information content (AvgIpc) is 2.78. The summed E-state index contributed by atoms with van der Waals surface area (Å²) < 4.78 is 4.97. The molecule has 20 heavy (non-hydrogen) atoms. The van der Waals surface area contributed by atoms with Gasteiger partial charge >= 0.3 is 0 Å². The molecule has 1 aromatic carbocycles. The number of nitrogens with one attached hydrogen (secondary N) is 1. The predicted molar refractivity (Wildman–Crippen MR) is 75.1 cm³/mol. The summed E-state index contributed by atoms with van der Waals surface area (Å²) in [6, 6.07) is 7.12. The Labute approximate surface area is 116 Å². The number of benzene rings is 1. The summed E-state index contributed by atoms with van der Waals surface area (Å²) in [5.41, 5.74) is 2.26. The lowest BCUT2D eigenvalue weighted by molar-refractivity contribution is 0.101. The van der Waals surface area contributed by atoms with Gasteiger partial charge in [0.1, 0.15) is 5.76 Å². The first-order valence-corrected chi connectivity index (χ1v) is 6.01. The van der Waals surface area contributed by atoms with Crippen LogP contribution in [0, 0.1) is 13.8 Å². The number of carbonyl (C=O) groups is 1. The van der Waals surface area contributed by atoms with Crippen LogP contribution in [0.2, 0.25) is 0 Å². The molecule has 0 saturated heterocycles. The molecule has 0 atom stereocenters. The lowest BCUT2D eigenvalue weighted by atomic mass is 10.1. The fourth-order valence-corrected chi connectivity index (χ4v) is 1.69. The zero-order valence-corrected chi connectivity index (χ0v) is 11.1. The molecule has 0 bridgehead atoms. The number of aryl methyl sites for hydroxylation is 1. The minimum absolute atomic E-state index is 0.253. The number of carbonyl (C=O) groups excluding carboxylic acids is 2. The molecule has 1 heterocycles. The fourth-order valence-electron chi connectivity index (χ4n) is 1.69. The number of amides is 1. The molecule has 1 aromatic heterocycles. The zero-order chi connectivity index (χ0) is 14.5. The van der Waals surface area contributed by atoms with Gasteiger partial charge in [-0.15, -0.1) is 0 Å². The van der Waals surface area contributed by atoms with Crippen molar-refractivity contribution < 1.29 is 14.1 Å². The second-order valence-corrected chi connectivity index (χ2v) is 4.20. The SMILES string of the molecule is Cc1onc(C(=O)Nc2ccccc2/C=C/[C]=O)c1C. The van der Waals surface area contributed by atoms with Gasteiger partial charge in [-0.25, -0.2) is 0 Å². The summed E-state index contributed by atoms with van der Waals surface area (Å²) in [7, 11) is 0. The molecule has 2 aromatic rings. The number of para-hydroxylation sites is 1. The van der Waals surface area contributed by atoms with E-state index < -0.39 is 0 Å². The molecule has 0 saturated carbocycles. The molecule has 5 nitrogen and oxygen atoms in total. The number of nitrogens with zero attached hydrogens (tertiary/aromatic N) is 1. The molecule has 0 spiro atoms. The maximum atomic E-state index is 12.1. The Balaban J connectivity index is 2.26. The van der Waals surface area contributed by atoms with Crippen LogP contribution in [-0.2, 0) is 4.79 Å². The van der Waals surface area contributed by atoms with Gasteiger partial charge in [0.15, 0.2) is 5.69 Å². The van der Waals surface area contributed by atoms with E-state index in [4.69, 9.17) is 4.52 Å². The van der Waals surface area contributed by atoms with Crippen molar-refractivity contribution in [1.29, 1.82) is 0 Å². The predicted octanol–water partition coefficient (Wildman–Crippen LogP) is 2.67. The summed E-state index contributed by atoms with van der Waals surface area (Å²) in [6.45, 7) is 3.52. The Bertz CT molecular complexity index is 672. The highest BCUT2D eigenvalue weighted by Crippen LogP contribution is 2.19. The van der Waals surface area contributed by atoms with Crippen LogP contribution in [0.5, 0.6) is 0 Å². The molecular formula is C15H13N2O3. The highest BCUT2D eigenvalue weighted by Gasteiger charge is 2.17. The maximum Gasteiger partial charge on any atom is 0.278 e. The Morgan fingerprint density at radius 2 is 2.10 bits per heavy atom. The summed E-state index contributed by atoms with van der Waals surface area (Å²) in [4.78, 5) is 22.4. The Morgan fingerprint density at radius 3 is 2.75 bits per heavy atom. The number of anilines is 1. The van der Waals surface area contributed by atoms with Crippen LogP contribution in [-0.4, -0.2) is 17.4 Å². The molecule has 101 valence electrons. The van der Waals surface area contributed by atoms with Gasteiger partial charge in [-0.1, -0.05) is 23.4 Å². The minimum Gasteiger partial charge on any atom is -0.361 e. The van der Waals surface area contributed by atoms with Crippen molar-refractivity contribution in [3.63, 3.8) is 0 Å². The molecular weight excluding hydrogens is 256 g/mol. The van der Waals surface area contributed by atoms with Crippen molar-refractivity contribution in [3.8, 4) is 0 Å². The van der Waals surface area contributed by atoms with E-state index in [9.17, 15) is 9.59 Å². The van der Waals surface area contributed by atoms with Crippen molar-refractivity contribution in [1.82, 2.24) is 5.16 Å². The minimum atomic E-state index is -0.352. The molecule has 1 amide bonds. The smallest absolute Gasteiger partial charge is 0.278 e. The second-order valence-electron chi connectivity index (χ2n) is 4.20. The van der Waals surface area contributed by atoms with Crippen molar-refractivity contribution in [2.24, 2.45) is 0 Å². The Morgan fingerprint density at radius 1 is 1.35 bits per heavy atom. The third-order valence-electron chi connectivity index (χ3n) is 2.91. The molecule has 0 unspecified atom stereocenters. The van der Waals surface area contributed by atoms with Crippen LogP contribution in [0.25, 0.3) is 6.08 Å². The van der Waals surface area contributed by atoms with Crippen LogP contribution in [0.4, 0.5) is 5.69 Å². The van der Waals surface area contributed by atoms with Crippen LogP contribution < -0.4 is 5.32 Å². The molecule has 5 heteroatoms. The van der Waals surface area contributed by atoms with E-state index >= 15 is 0 Å². The first-order valence-electron chi connectivity index (χ1n) is 6.01. The van der Waals surface area contributed by atoms with Gasteiger partial charge in [0.05, 0.1) is 0 Å². The molecule has 0 aliphatic carbocycles. The van der Waals surface area contributed by atoms with Gasteiger partial charge in [-0.2, -0.15) is 0 Å². The lowest BCUT2D eigenvalue weighted by Gasteiger charge is -2.07. The first kappa shape index (κ1) is 13.7. The van der Waals surface area contributed by atoms with E-state index in [1.165, 1.54) is 6.08 Å². The lowest BCUT2D eigenvalue weighted by Crippen LogP contribution is -2.14. The monoisotopic (exact) mass is 269 g/mol. The number of hydrogen-bond acceptors (Lipinski definition) is 4. The molecule has 1 radical (unpaired) electrons. The van der Waals surface area contributed by atoms with E-state index in [1.54, 1.807) is 44.4 Å². The highest BCUT2D eigenvalue weighted by molar-refractivity contribution is 6.05. The average molecular weight is 269 g/mol. The third kappa shape index (κ3) is 2.83. The standard InChI is InChI=1S/C15H13N2O3/c1-10-11(2)20-17-14(10)15(19)16-13-8-4-3-6-12(13)7-5-9-18/h3-8H,1-2H3,(H,16,19)/b7-5+. The van der Waals surface area contributed by atoms with Crippen molar-refractivity contribution >= 4 is 24.0 Å². The largest absolute Gasteiger partial charge is 0.361 e. The van der Waals surface area contributed by atoms with Crippen LogP contribution in [0.3, 0.4) is 0 Å². The Kier molecular flexibility index (Phi) is 4.10. The normalized spacial score (nSPS) is 10.7. The second kappa shape index (κ2) is 5.97. The summed E-state index contributed by atoms with van der Waals surface area (Å²) >= 11 is 0. The van der Waals surface area contributed by atoms with Crippen molar-refractivity contribution in [3.05, 3.63) is 52.9 Å². The third-order valence-corrected chi connectivity index (χ3v) is 2.91. The number of hydrogen-bond donors (Lipinski definition) is 1. The van der Waals surface area contributed by atoms with Crippen LogP contribution >= 0.6 is 0 Å². The van der Waals surface area contributed by atoms with Gasteiger partial charge < -0.3 is 9.84 Å². The highest BCUT2D eigenvalue weighted by atomic mass is 16.5. The van der Waals surface area contributed by atoms with E-state index in [2.05, 4.69) is 10.5 Å². The molecule has 0 aliphatic heterocycles. The van der Waals surface area contributed by atoms with Gasteiger partial charge in [0, 0.05) is 11.3 Å². The molecule has 2 rings (SSSR count). The van der Waals surface area contributed by atoms with Crippen LogP contribution in [0.1, 0.15) is 27.4 Å².